The van der Waals surface area contributed by atoms with E-state index in [0.717, 1.165) is 17.0 Å². The van der Waals surface area contributed by atoms with Crippen molar-refractivity contribution in [3.8, 4) is 11.3 Å². The number of benzene rings is 2. The molecule has 0 aliphatic carbocycles. The van der Waals surface area contributed by atoms with Gasteiger partial charge in [0.05, 0.1) is 28.0 Å². The SMILES string of the molecule is Cc1nc2cc(C(=O)O)ccc2nc1-c1ccccc1. The maximum absolute atomic E-state index is 11.0. The van der Waals surface area contributed by atoms with Gasteiger partial charge < -0.3 is 5.11 Å². The third-order valence-electron chi connectivity index (χ3n) is 3.13. The summed E-state index contributed by atoms with van der Waals surface area (Å²) in [5.41, 5.74) is 4.12. The van der Waals surface area contributed by atoms with E-state index in [9.17, 15) is 4.79 Å². The van der Waals surface area contributed by atoms with E-state index in [-0.39, 0.29) is 5.56 Å². The number of carboxylic acid groups (broad SMARTS) is 1. The van der Waals surface area contributed by atoms with Crippen molar-refractivity contribution in [2.45, 2.75) is 6.92 Å². The van der Waals surface area contributed by atoms with Crippen molar-refractivity contribution >= 4 is 17.0 Å². The van der Waals surface area contributed by atoms with Gasteiger partial charge >= 0.3 is 5.97 Å². The molecule has 20 heavy (non-hydrogen) atoms. The number of rotatable bonds is 2. The monoisotopic (exact) mass is 264 g/mol. The summed E-state index contributed by atoms with van der Waals surface area (Å²) in [6.45, 7) is 1.88. The molecule has 0 atom stereocenters. The second kappa shape index (κ2) is 4.74. The van der Waals surface area contributed by atoms with Crippen molar-refractivity contribution in [3.63, 3.8) is 0 Å². The lowest BCUT2D eigenvalue weighted by Gasteiger charge is -2.07. The smallest absolute Gasteiger partial charge is 0.335 e. The summed E-state index contributed by atoms with van der Waals surface area (Å²) in [5, 5.41) is 9.00. The molecule has 1 heterocycles. The van der Waals surface area contributed by atoms with Crippen LogP contribution in [0.25, 0.3) is 22.3 Å². The van der Waals surface area contributed by atoms with Gasteiger partial charge in [-0.3, -0.25) is 0 Å². The van der Waals surface area contributed by atoms with Crippen LogP contribution in [0.2, 0.25) is 0 Å². The number of fused-ring (bicyclic) bond motifs is 1. The van der Waals surface area contributed by atoms with E-state index in [0.29, 0.717) is 11.0 Å². The van der Waals surface area contributed by atoms with Gasteiger partial charge in [-0.2, -0.15) is 0 Å². The Hall–Kier alpha value is -2.75. The van der Waals surface area contributed by atoms with Crippen molar-refractivity contribution in [1.29, 1.82) is 0 Å². The summed E-state index contributed by atoms with van der Waals surface area (Å²) >= 11 is 0. The Morgan fingerprint density at radius 2 is 1.75 bits per heavy atom. The fourth-order valence-electron chi connectivity index (χ4n) is 2.15. The van der Waals surface area contributed by atoms with Crippen LogP contribution in [0.5, 0.6) is 0 Å². The molecule has 98 valence electrons. The standard InChI is InChI=1S/C16H12N2O2/c1-10-15(11-5-3-2-4-6-11)18-13-8-7-12(16(19)20)9-14(13)17-10/h2-9H,1H3,(H,19,20). The fourth-order valence-corrected chi connectivity index (χ4v) is 2.15. The number of aryl methyl sites for hydroxylation is 1. The number of carbonyl (C=O) groups is 1. The molecule has 0 bridgehead atoms. The minimum atomic E-state index is -0.960. The molecule has 0 amide bonds. The van der Waals surface area contributed by atoms with Crippen LogP contribution >= 0.6 is 0 Å². The Kier molecular flexibility index (Phi) is 2.91. The number of aromatic nitrogens is 2. The predicted molar refractivity (Wildman–Crippen MR) is 76.7 cm³/mol. The van der Waals surface area contributed by atoms with Crippen LogP contribution in [0, 0.1) is 6.92 Å². The quantitative estimate of drug-likeness (QED) is 0.771. The molecule has 0 aliphatic heterocycles. The average molecular weight is 264 g/mol. The van der Waals surface area contributed by atoms with Crippen LogP contribution in [0.15, 0.2) is 48.5 Å². The lowest BCUT2D eigenvalue weighted by molar-refractivity contribution is 0.0697. The molecule has 4 heteroatoms. The molecule has 3 aromatic rings. The van der Waals surface area contributed by atoms with Crippen molar-refractivity contribution in [1.82, 2.24) is 9.97 Å². The molecule has 2 aromatic carbocycles. The molecule has 1 aromatic heterocycles. The first-order valence-electron chi connectivity index (χ1n) is 6.22. The summed E-state index contributed by atoms with van der Waals surface area (Å²) in [7, 11) is 0. The normalized spacial score (nSPS) is 10.7. The van der Waals surface area contributed by atoms with Gasteiger partial charge in [-0.25, -0.2) is 14.8 Å². The Balaban J connectivity index is 2.20. The molecule has 0 unspecified atom stereocenters. The van der Waals surface area contributed by atoms with Crippen molar-refractivity contribution in [3.05, 3.63) is 59.8 Å². The summed E-state index contributed by atoms with van der Waals surface area (Å²) in [6, 6.07) is 14.6. The van der Waals surface area contributed by atoms with E-state index in [1.807, 2.05) is 37.3 Å². The van der Waals surface area contributed by atoms with Crippen LogP contribution in [-0.2, 0) is 0 Å². The van der Waals surface area contributed by atoms with Crippen LogP contribution in [0.3, 0.4) is 0 Å². The Bertz CT molecular complexity index is 798. The van der Waals surface area contributed by atoms with Gasteiger partial charge in [-0.15, -0.1) is 0 Å². The second-order valence-corrected chi connectivity index (χ2v) is 4.53. The zero-order chi connectivity index (χ0) is 14.1. The molecule has 0 saturated heterocycles. The summed E-state index contributed by atoms with van der Waals surface area (Å²) in [5.74, 6) is -0.960. The van der Waals surface area contributed by atoms with Gasteiger partial charge in [-0.1, -0.05) is 30.3 Å². The average Bonchev–Trinajstić information content (AvgIpc) is 2.46. The van der Waals surface area contributed by atoms with Crippen LogP contribution in [-0.4, -0.2) is 21.0 Å². The van der Waals surface area contributed by atoms with Crippen molar-refractivity contribution < 1.29 is 9.90 Å². The van der Waals surface area contributed by atoms with Gasteiger partial charge in [-0.05, 0) is 25.1 Å². The molecule has 3 rings (SSSR count). The van der Waals surface area contributed by atoms with E-state index in [1.165, 1.54) is 0 Å². The van der Waals surface area contributed by atoms with Crippen molar-refractivity contribution in [2.24, 2.45) is 0 Å². The molecule has 0 spiro atoms. The Morgan fingerprint density at radius 3 is 2.45 bits per heavy atom. The molecule has 1 N–H and O–H groups in total. The van der Waals surface area contributed by atoms with Crippen LogP contribution in [0.4, 0.5) is 0 Å². The maximum atomic E-state index is 11.0. The highest BCUT2D eigenvalue weighted by atomic mass is 16.4. The Morgan fingerprint density at radius 1 is 1.00 bits per heavy atom. The zero-order valence-electron chi connectivity index (χ0n) is 10.9. The van der Waals surface area contributed by atoms with Crippen LogP contribution < -0.4 is 0 Å². The summed E-state index contributed by atoms with van der Waals surface area (Å²) in [6.07, 6.45) is 0. The largest absolute Gasteiger partial charge is 0.478 e. The lowest BCUT2D eigenvalue weighted by Crippen LogP contribution is -1.99. The van der Waals surface area contributed by atoms with Gasteiger partial charge in [0.1, 0.15) is 0 Å². The molecular formula is C16H12N2O2. The lowest BCUT2D eigenvalue weighted by atomic mass is 10.1. The molecule has 0 saturated carbocycles. The van der Waals surface area contributed by atoms with E-state index in [1.54, 1.807) is 18.2 Å². The van der Waals surface area contributed by atoms with E-state index < -0.39 is 5.97 Å². The minimum Gasteiger partial charge on any atom is -0.478 e. The number of hydrogen-bond donors (Lipinski definition) is 1. The summed E-state index contributed by atoms with van der Waals surface area (Å²) in [4.78, 5) is 20.0. The van der Waals surface area contributed by atoms with E-state index in [4.69, 9.17) is 5.11 Å². The Labute approximate surface area is 115 Å². The fraction of sp³-hybridized carbons (Fsp3) is 0.0625. The first-order valence-corrected chi connectivity index (χ1v) is 6.22. The third kappa shape index (κ3) is 2.12. The number of aromatic carboxylic acids is 1. The summed E-state index contributed by atoms with van der Waals surface area (Å²) < 4.78 is 0. The first-order chi connectivity index (χ1) is 9.65. The minimum absolute atomic E-state index is 0.221. The second-order valence-electron chi connectivity index (χ2n) is 4.53. The first kappa shape index (κ1) is 12.3. The van der Waals surface area contributed by atoms with Gasteiger partial charge in [0.2, 0.25) is 0 Å². The molecule has 4 nitrogen and oxygen atoms in total. The zero-order valence-corrected chi connectivity index (χ0v) is 10.9. The van der Waals surface area contributed by atoms with E-state index in [2.05, 4.69) is 9.97 Å². The van der Waals surface area contributed by atoms with E-state index >= 15 is 0 Å². The highest BCUT2D eigenvalue weighted by molar-refractivity contribution is 5.92. The van der Waals surface area contributed by atoms with Gasteiger partial charge in [0, 0.05) is 5.56 Å². The van der Waals surface area contributed by atoms with Gasteiger partial charge in [0.25, 0.3) is 0 Å². The predicted octanol–water partition coefficient (Wildman–Crippen LogP) is 3.30. The highest BCUT2D eigenvalue weighted by Crippen LogP contribution is 2.23. The maximum Gasteiger partial charge on any atom is 0.335 e. The molecular weight excluding hydrogens is 252 g/mol. The third-order valence-corrected chi connectivity index (χ3v) is 3.13. The number of nitrogens with zero attached hydrogens (tertiary/aromatic N) is 2. The van der Waals surface area contributed by atoms with Crippen LogP contribution in [0.1, 0.15) is 16.1 Å². The van der Waals surface area contributed by atoms with Crippen molar-refractivity contribution in [2.75, 3.05) is 0 Å². The molecule has 0 fully saturated rings. The number of carboxylic acids is 1. The highest BCUT2D eigenvalue weighted by Gasteiger charge is 2.09. The molecule has 0 radical (unpaired) electrons. The number of hydrogen-bond acceptors (Lipinski definition) is 3. The molecule has 0 aliphatic rings. The van der Waals surface area contributed by atoms with Gasteiger partial charge in [0.15, 0.2) is 0 Å². The topological polar surface area (TPSA) is 63.1 Å².